The Kier molecular flexibility index (Phi) is 5.22. The topological polar surface area (TPSA) is 56.2 Å². The maximum atomic E-state index is 13.3. The molecular formula is C25H21N3O2S. The molecule has 5 nitrogen and oxygen atoms in total. The van der Waals surface area contributed by atoms with Gasteiger partial charge < -0.3 is 10.1 Å². The second-order valence-corrected chi connectivity index (χ2v) is 8.37. The zero-order valence-corrected chi connectivity index (χ0v) is 17.9. The molecule has 31 heavy (non-hydrogen) atoms. The standard InChI is InChI=1S/C25H21N3O2S/c1-17-11-13-18(14-12-17)28-24(21-15-31-16-22(21)27-28)26-25(29)20-9-5-6-10-23(20)30-19-7-3-2-4-8-19/h2-14H,15-16H2,1H3,(H,26,29). The van der Waals surface area contributed by atoms with Gasteiger partial charge in [0.05, 0.1) is 16.9 Å². The van der Waals surface area contributed by atoms with Crippen LogP contribution in [0.4, 0.5) is 5.82 Å². The number of carbonyl (C=O) groups is 1. The number of hydrogen-bond donors (Lipinski definition) is 1. The lowest BCUT2D eigenvalue weighted by molar-refractivity contribution is 0.102. The largest absolute Gasteiger partial charge is 0.457 e. The van der Waals surface area contributed by atoms with Crippen LogP contribution in [0.3, 0.4) is 0 Å². The minimum atomic E-state index is -0.223. The highest BCUT2D eigenvalue weighted by atomic mass is 32.2. The number of amides is 1. The molecule has 1 N–H and O–H groups in total. The summed E-state index contributed by atoms with van der Waals surface area (Å²) in [5.41, 5.74) is 4.68. The molecule has 0 saturated carbocycles. The maximum Gasteiger partial charge on any atom is 0.260 e. The Morgan fingerprint density at radius 2 is 1.71 bits per heavy atom. The number of hydrogen-bond acceptors (Lipinski definition) is 4. The van der Waals surface area contributed by atoms with Gasteiger partial charge in [0, 0.05) is 17.1 Å². The molecule has 0 radical (unpaired) electrons. The number of para-hydroxylation sites is 2. The van der Waals surface area contributed by atoms with E-state index in [4.69, 9.17) is 9.84 Å². The van der Waals surface area contributed by atoms with Crippen LogP contribution in [0.15, 0.2) is 78.9 Å². The molecule has 154 valence electrons. The van der Waals surface area contributed by atoms with E-state index < -0.39 is 0 Å². The van der Waals surface area contributed by atoms with Crippen molar-refractivity contribution in [3.63, 3.8) is 0 Å². The minimum absolute atomic E-state index is 0.223. The average Bonchev–Trinajstić information content (AvgIpc) is 3.38. The van der Waals surface area contributed by atoms with Gasteiger partial charge in [-0.3, -0.25) is 4.79 Å². The van der Waals surface area contributed by atoms with Crippen LogP contribution in [0.5, 0.6) is 11.5 Å². The molecule has 0 fully saturated rings. The summed E-state index contributed by atoms with van der Waals surface area (Å²) >= 11 is 1.81. The van der Waals surface area contributed by atoms with Gasteiger partial charge in [-0.2, -0.15) is 16.9 Å². The Hall–Kier alpha value is -3.51. The average molecular weight is 428 g/mol. The van der Waals surface area contributed by atoms with Crippen molar-refractivity contribution in [2.24, 2.45) is 0 Å². The summed E-state index contributed by atoms with van der Waals surface area (Å²) in [5.74, 6) is 3.38. The first-order chi connectivity index (χ1) is 15.2. The van der Waals surface area contributed by atoms with Crippen LogP contribution in [0.2, 0.25) is 0 Å². The van der Waals surface area contributed by atoms with Gasteiger partial charge in [-0.1, -0.05) is 48.0 Å². The van der Waals surface area contributed by atoms with Gasteiger partial charge >= 0.3 is 0 Å². The zero-order valence-electron chi connectivity index (χ0n) is 17.0. The minimum Gasteiger partial charge on any atom is -0.457 e. The summed E-state index contributed by atoms with van der Waals surface area (Å²) in [6.07, 6.45) is 0. The van der Waals surface area contributed by atoms with Gasteiger partial charge in [-0.05, 0) is 43.3 Å². The Morgan fingerprint density at radius 3 is 2.52 bits per heavy atom. The highest BCUT2D eigenvalue weighted by Gasteiger charge is 2.25. The molecule has 0 bridgehead atoms. The molecule has 1 aliphatic heterocycles. The van der Waals surface area contributed by atoms with E-state index in [-0.39, 0.29) is 5.91 Å². The van der Waals surface area contributed by atoms with E-state index in [9.17, 15) is 4.79 Å². The molecule has 2 heterocycles. The SMILES string of the molecule is Cc1ccc(-n2nc3c(c2NC(=O)c2ccccc2Oc2ccccc2)CSC3)cc1. The predicted molar refractivity (Wildman–Crippen MR) is 124 cm³/mol. The Morgan fingerprint density at radius 1 is 0.968 bits per heavy atom. The van der Waals surface area contributed by atoms with Crippen molar-refractivity contribution in [2.75, 3.05) is 5.32 Å². The number of aryl methyl sites for hydroxylation is 1. The summed E-state index contributed by atoms with van der Waals surface area (Å²) < 4.78 is 7.82. The van der Waals surface area contributed by atoms with Crippen molar-refractivity contribution < 1.29 is 9.53 Å². The fraction of sp³-hybridized carbons (Fsp3) is 0.120. The number of anilines is 1. The van der Waals surface area contributed by atoms with Crippen molar-refractivity contribution >= 4 is 23.5 Å². The molecule has 3 aromatic carbocycles. The lowest BCUT2D eigenvalue weighted by Gasteiger charge is -2.14. The van der Waals surface area contributed by atoms with E-state index in [1.807, 2.05) is 71.4 Å². The Labute approximate surface area is 185 Å². The van der Waals surface area contributed by atoms with Crippen LogP contribution in [-0.4, -0.2) is 15.7 Å². The van der Waals surface area contributed by atoms with E-state index in [0.29, 0.717) is 17.1 Å². The number of fused-ring (bicyclic) bond motifs is 1. The van der Waals surface area contributed by atoms with Crippen molar-refractivity contribution in [1.82, 2.24) is 9.78 Å². The monoisotopic (exact) mass is 427 g/mol. The van der Waals surface area contributed by atoms with E-state index in [2.05, 4.69) is 12.2 Å². The zero-order chi connectivity index (χ0) is 21.2. The molecule has 0 unspecified atom stereocenters. The van der Waals surface area contributed by atoms with Gasteiger partial charge in [-0.25, -0.2) is 4.68 Å². The molecular weight excluding hydrogens is 406 g/mol. The van der Waals surface area contributed by atoms with E-state index in [1.165, 1.54) is 5.56 Å². The van der Waals surface area contributed by atoms with Crippen LogP contribution in [0, 0.1) is 6.92 Å². The van der Waals surface area contributed by atoms with Crippen molar-refractivity contribution in [3.05, 3.63) is 101 Å². The molecule has 1 aromatic heterocycles. The molecule has 0 aliphatic carbocycles. The summed E-state index contributed by atoms with van der Waals surface area (Å²) in [4.78, 5) is 13.3. The fourth-order valence-corrected chi connectivity index (χ4v) is 4.58. The number of ether oxygens (including phenoxy) is 1. The third-order valence-corrected chi connectivity index (χ3v) is 6.14. The number of benzene rings is 3. The Balaban J connectivity index is 1.49. The molecule has 0 spiro atoms. The second-order valence-electron chi connectivity index (χ2n) is 7.38. The van der Waals surface area contributed by atoms with Crippen LogP contribution in [-0.2, 0) is 11.5 Å². The highest BCUT2D eigenvalue weighted by Crippen LogP contribution is 2.36. The normalized spacial score (nSPS) is 12.4. The molecule has 1 aliphatic rings. The number of nitrogens with one attached hydrogen (secondary N) is 1. The smallest absolute Gasteiger partial charge is 0.260 e. The lowest BCUT2D eigenvalue weighted by atomic mass is 10.1. The second kappa shape index (κ2) is 8.32. The lowest BCUT2D eigenvalue weighted by Crippen LogP contribution is -2.17. The molecule has 5 rings (SSSR count). The predicted octanol–water partition coefficient (Wildman–Crippen LogP) is 5.97. The van der Waals surface area contributed by atoms with Gasteiger partial charge in [-0.15, -0.1) is 0 Å². The van der Waals surface area contributed by atoms with E-state index in [0.717, 1.165) is 34.3 Å². The summed E-state index contributed by atoms with van der Waals surface area (Å²) in [6.45, 7) is 2.05. The molecule has 1 amide bonds. The molecule has 0 atom stereocenters. The fourth-order valence-electron chi connectivity index (χ4n) is 3.55. The van der Waals surface area contributed by atoms with Crippen LogP contribution < -0.4 is 10.1 Å². The highest BCUT2D eigenvalue weighted by molar-refractivity contribution is 7.98. The molecule has 4 aromatic rings. The van der Waals surface area contributed by atoms with Crippen molar-refractivity contribution in [3.8, 4) is 17.2 Å². The van der Waals surface area contributed by atoms with E-state index in [1.54, 1.807) is 23.9 Å². The molecule has 0 saturated heterocycles. The Bertz CT molecular complexity index is 1230. The first kappa shape index (κ1) is 19.5. The number of carbonyl (C=O) groups excluding carboxylic acids is 1. The van der Waals surface area contributed by atoms with Gasteiger partial charge in [0.15, 0.2) is 0 Å². The van der Waals surface area contributed by atoms with Gasteiger partial charge in [0.2, 0.25) is 0 Å². The summed E-state index contributed by atoms with van der Waals surface area (Å²) in [6, 6.07) is 24.9. The van der Waals surface area contributed by atoms with Gasteiger partial charge in [0.25, 0.3) is 5.91 Å². The van der Waals surface area contributed by atoms with Crippen LogP contribution in [0.1, 0.15) is 27.2 Å². The maximum absolute atomic E-state index is 13.3. The quantitative estimate of drug-likeness (QED) is 0.426. The summed E-state index contributed by atoms with van der Waals surface area (Å²) in [5, 5.41) is 7.89. The van der Waals surface area contributed by atoms with Crippen LogP contribution in [0.25, 0.3) is 5.69 Å². The first-order valence-electron chi connectivity index (χ1n) is 10.1. The number of nitrogens with zero attached hydrogens (tertiary/aromatic N) is 2. The summed E-state index contributed by atoms with van der Waals surface area (Å²) in [7, 11) is 0. The third kappa shape index (κ3) is 3.94. The number of aromatic nitrogens is 2. The van der Waals surface area contributed by atoms with Crippen molar-refractivity contribution in [2.45, 2.75) is 18.4 Å². The first-order valence-corrected chi connectivity index (χ1v) is 11.2. The molecule has 6 heteroatoms. The van der Waals surface area contributed by atoms with E-state index >= 15 is 0 Å². The number of thioether (sulfide) groups is 1. The van der Waals surface area contributed by atoms with Crippen molar-refractivity contribution in [1.29, 1.82) is 0 Å². The van der Waals surface area contributed by atoms with Crippen LogP contribution >= 0.6 is 11.8 Å². The van der Waals surface area contributed by atoms with Gasteiger partial charge in [0.1, 0.15) is 17.3 Å². The number of rotatable bonds is 5. The third-order valence-electron chi connectivity index (χ3n) is 5.17.